The van der Waals surface area contributed by atoms with E-state index in [0.29, 0.717) is 6.67 Å². The number of ether oxygens (including phenoxy) is 1. The average Bonchev–Trinajstić information content (AvgIpc) is 3.10. The number of methoxy groups -OCH3 is 1. The fraction of sp³-hybridized carbons (Fsp3) is 0.381. The van der Waals surface area contributed by atoms with E-state index in [1.807, 2.05) is 47.3 Å². The number of hydrogen-bond acceptors (Lipinski definition) is 6. The Labute approximate surface area is 176 Å². The van der Waals surface area contributed by atoms with Crippen LogP contribution in [-0.4, -0.2) is 57.5 Å². The van der Waals surface area contributed by atoms with Crippen molar-refractivity contribution < 1.29 is 4.74 Å². The van der Waals surface area contributed by atoms with Gasteiger partial charge >= 0.3 is 0 Å². The van der Waals surface area contributed by atoms with Crippen LogP contribution in [0.2, 0.25) is 0 Å². The lowest BCUT2D eigenvalue weighted by Crippen LogP contribution is -2.47. The summed E-state index contributed by atoms with van der Waals surface area (Å²) in [4.78, 5) is 9.17. The second kappa shape index (κ2) is 8.75. The molecule has 0 amide bonds. The molecule has 8 heteroatoms. The fourth-order valence-corrected chi connectivity index (χ4v) is 3.93. The van der Waals surface area contributed by atoms with Crippen LogP contribution < -0.4 is 9.64 Å². The Hall–Kier alpha value is -2.71. The van der Waals surface area contributed by atoms with Gasteiger partial charge in [-0.1, -0.05) is 6.07 Å². The van der Waals surface area contributed by atoms with E-state index >= 15 is 0 Å². The van der Waals surface area contributed by atoms with E-state index in [9.17, 15) is 0 Å². The molecule has 0 saturated carbocycles. The Morgan fingerprint density at radius 1 is 1.03 bits per heavy atom. The molecule has 3 heterocycles. The van der Waals surface area contributed by atoms with Crippen LogP contribution >= 0.6 is 12.2 Å². The fourth-order valence-electron chi connectivity index (χ4n) is 3.62. The van der Waals surface area contributed by atoms with Gasteiger partial charge in [0.2, 0.25) is 0 Å². The Morgan fingerprint density at radius 2 is 1.79 bits per heavy atom. The highest BCUT2D eigenvalue weighted by molar-refractivity contribution is 7.71. The topological polar surface area (TPSA) is 51.4 Å². The van der Waals surface area contributed by atoms with Gasteiger partial charge in [0.15, 0.2) is 10.6 Å². The quantitative estimate of drug-likeness (QED) is 0.582. The van der Waals surface area contributed by atoms with Crippen molar-refractivity contribution in [3.05, 3.63) is 53.4 Å². The monoisotopic (exact) mass is 410 g/mol. The SMILES string of the molecule is CCn1c(-c2ccc(OC)cc2)nn(CN2CCN(c3ccccn3)CC2)c1=S. The van der Waals surface area contributed by atoms with Gasteiger partial charge in [-0.05, 0) is 55.5 Å². The summed E-state index contributed by atoms with van der Waals surface area (Å²) in [5.41, 5.74) is 1.04. The summed E-state index contributed by atoms with van der Waals surface area (Å²) in [5.74, 6) is 2.77. The first kappa shape index (κ1) is 19.6. The van der Waals surface area contributed by atoms with Gasteiger partial charge in [-0.2, -0.15) is 5.10 Å². The first-order chi connectivity index (χ1) is 14.2. The molecular weight excluding hydrogens is 384 g/mol. The van der Waals surface area contributed by atoms with Gasteiger partial charge in [-0.15, -0.1) is 0 Å². The summed E-state index contributed by atoms with van der Waals surface area (Å²) in [5, 5.41) is 4.84. The molecule has 0 unspecified atom stereocenters. The van der Waals surface area contributed by atoms with Gasteiger partial charge in [-0.25, -0.2) is 9.67 Å². The smallest absolute Gasteiger partial charge is 0.199 e. The second-order valence-electron chi connectivity index (χ2n) is 7.01. The highest BCUT2D eigenvalue weighted by atomic mass is 32.1. The van der Waals surface area contributed by atoms with E-state index in [1.54, 1.807) is 7.11 Å². The molecule has 0 radical (unpaired) electrons. The third-order valence-electron chi connectivity index (χ3n) is 5.27. The number of anilines is 1. The summed E-state index contributed by atoms with van der Waals surface area (Å²) < 4.78 is 10.0. The molecule has 152 valence electrons. The number of hydrogen-bond donors (Lipinski definition) is 0. The van der Waals surface area contributed by atoms with Crippen LogP contribution in [-0.2, 0) is 13.2 Å². The van der Waals surface area contributed by atoms with Crippen LogP contribution in [0.1, 0.15) is 6.92 Å². The van der Waals surface area contributed by atoms with Crippen LogP contribution in [0.5, 0.6) is 5.75 Å². The lowest BCUT2D eigenvalue weighted by molar-refractivity contribution is 0.194. The van der Waals surface area contributed by atoms with E-state index in [-0.39, 0.29) is 0 Å². The summed E-state index contributed by atoms with van der Waals surface area (Å²) in [6, 6.07) is 14.0. The molecule has 4 rings (SSSR count). The highest BCUT2D eigenvalue weighted by Crippen LogP contribution is 2.22. The van der Waals surface area contributed by atoms with Gasteiger partial charge in [0.05, 0.1) is 13.8 Å². The number of piperazine rings is 1. The number of aromatic nitrogens is 4. The van der Waals surface area contributed by atoms with Crippen LogP contribution in [0.15, 0.2) is 48.7 Å². The Morgan fingerprint density at radius 3 is 2.41 bits per heavy atom. The first-order valence-corrected chi connectivity index (χ1v) is 10.3. The average molecular weight is 411 g/mol. The first-order valence-electron chi connectivity index (χ1n) is 9.90. The van der Waals surface area contributed by atoms with E-state index < -0.39 is 0 Å². The molecule has 3 aromatic rings. The lowest BCUT2D eigenvalue weighted by Gasteiger charge is -2.35. The maximum atomic E-state index is 5.72. The number of nitrogens with zero attached hydrogens (tertiary/aromatic N) is 6. The molecule has 2 aromatic heterocycles. The molecule has 0 atom stereocenters. The largest absolute Gasteiger partial charge is 0.497 e. The molecule has 29 heavy (non-hydrogen) atoms. The predicted octanol–water partition coefficient (Wildman–Crippen LogP) is 3.28. The molecule has 0 aliphatic carbocycles. The zero-order valence-corrected chi connectivity index (χ0v) is 17.7. The Bertz CT molecular complexity index is 990. The van der Waals surface area contributed by atoms with Gasteiger partial charge in [0, 0.05) is 44.5 Å². The van der Waals surface area contributed by atoms with Crippen molar-refractivity contribution in [2.45, 2.75) is 20.1 Å². The van der Waals surface area contributed by atoms with Gasteiger partial charge in [-0.3, -0.25) is 4.90 Å². The van der Waals surface area contributed by atoms with Crippen molar-refractivity contribution in [1.29, 1.82) is 0 Å². The molecule has 0 bridgehead atoms. The van der Waals surface area contributed by atoms with E-state index in [1.165, 1.54) is 0 Å². The van der Waals surface area contributed by atoms with Crippen molar-refractivity contribution >= 4 is 18.0 Å². The summed E-state index contributed by atoms with van der Waals surface area (Å²) in [6.45, 7) is 7.39. The van der Waals surface area contributed by atoms with Crippen molar-refractivity contribution in [2.24, 2.45) is 0 Å². The maximum absolute atomic E-state index is 5.72. The van der Waals surface area contributed by atoms with Crippen LogP contribution in [0, 0.1) is 4.77 Å². The minimum atomic E-state index is 0.699. The molecule has 0 spiro atoms. The second-order valence-corrected chi connectivity index (χ2v) is 7.38. The van der Waals surface area contributed by atoms with E-state index in [4.69, 9.17) is 22.1 Å². The van der Waals surface area contributed by atoms with Crippen LogP contribution in [0.3, 0.4) is 0 Å². The minimum Gasteiger partial charge on any atom is -0.497 e. The van der Waals surface area contributed by atoms with Crippen molar-refractivity contribution in [3.63, 3.8) is 0 Å². The number of rotatable bonds is 6. The highest BCUT2D eigenvalue weighted by Gasteiger charge is 2.20. The minimum absolute atomic E-state index is 0.699. The summed E-state index contributed by atoms with van der Waals surface area (Å²) in [6.07, 6.45) is 1.85. The molecule has 1 fully saturated rings. The van der Waals surface area contributed by atoms with Gasteiger partial charge < -0.3 is 14.2 Å². The Kier molecular flexibility index (Phi) is 5.92. The zero-order chi connectivity index (χ0) is 20.2. The third-order valence-corrected chi connectivity index (χ3v) is 5.70. The van der Waals surface area contributed by atoms with Gasteiger partial charge in [0.1, 0.15) is 11.6 Å². The molecule has 1 aliphatic heterocycles. The molecule has 7 nitrogen and oxygen atoms in total. The number of pyridine rings is 1. The van der Waals surface area contributed by atoms with Crippen molar-refractivity contribution in [1.82, 2.24) is 24.2 Å². The summed E-state index contributed by atoms with van der Waals surface area (Å²) in [7, 11) is 1.67. The predicted molar refractivity (Wildman–Crippen MR) is 117 cm³/mol. The van der Waals surface area contributed by atoms with Crippen molar-refractivity contribution in [2.75, 3.05) is 38.2 Å². The maximum Gasteiger partial charge on any atom is 0.199 e. The van der Waals surface area contributed by atoms with Crippen molar-refractivity contribution in [3.8, 4) is 17.1 Å². The lowest BCUT2D eigenvalue weighted by atomic mass is 10.2. The summed E-state index contributed by atoms with van der Waals surface area (Å²) >= 11 is 5.72. The van der Waals surface area contributed by atoms with E-state index in [2.05, 4.69) is 32.3 Å². The third kappa shape index (κ3) is 4.18. The van der Waals surface area contributed by atoms with E-state index in [0.717, 1.165) is 60.5 Å². The van der Waals surface area contributed by atoms with Crippen LogP contribution in [0.25, 0.3) is 11.4 Å². The van der Waals surface area contributed by atoms with Gasteiger partial charge in [0.25, 0.3) is 0 Å². The molecule has 0 N–H and O–H groups in total. The molecular formula is C21H26N6OS. The zero-order valence-electron chi connectivity index (χ0n) is 16.9. The molecule has 1 aliphatic rings. The normalized spacial score (nSPS) is 14.9. The standard InChI is InChI=1S/C21H26N6OS/c1-3-26-20(17-7-9-18(28-2)10-8-17)23-27(21(26)29)16-24-12-14-25(15-13-24)19-6-4-5-11-22-19/h4-11H,3,12-16H2,1-2H3. The number of benzene rings is 1. The molecule has 1 saturated heterocycles. The Balaban J connectivity index is 1.48. The molecule has 1 aromatic carbocycles. The van der Waals surface area contributed by atoms with Crippen LogP contribution in [0.4, 0.5) is 5.82 Å².